The van der Waals surface area contributed by atoms with E-state index in [4.69, 9.17) is 9.47 Å². The number of carboxylic acids is 1. The van der Waals surface area contributed by atoms with E-state index in [1.165, 1.54) is 13.2 Å². The fourth-order valence-electron chi connectivity index (χ4n) is 6.63. The maximum atomic E-state index is 13.6. The van der Waals surface area contributed by atoms with Crippen LogP contribution in [-0.4, -0.2) is 47.7 Å². The zero-order valence-corrected chi connectivity index (χ0v) is 22.3. The molecule has 0 aromatic heterocycles. The molecule has 0 aliphatic heterocycles. The Bertz CT molecular complexity index is 1180. The number of ether oxygens (including phenoxy) is 2. The molecule has 204 valence electrons. The molecule has 0 unspecified atom stereocenters. The van der Waals surface area contributed by atoms with Gasteiger partial charge in [-0.15, -0.1) is 0 Å². The normalized spacial score (nSPS) is 32.6. The maximum Gasteiger partial charge on any atom is 0.309 e. The fourth-order valence-corrected chi connectivity index (χ4v) is 6.63. The molecule has 3 N–H and O–H groups in total. The van der Waals surface area contributed by atoms with Gasteiger partial charge in [0.1, 0.15) is 17.6 Å². The van der Waals surface area contributed by atoms with Gasteiger partial charge in [0.25, 0.3) is 5.91 Å². The lowest BCUT2D eigenvalue weighted by Crippen LogP contribution is -2.51. The van der Waals surface area contributed by atoms with Gasteiger partial charge in [-0.25, -0.2) is 0 Å². The molecule has 4 atom stereocenters. The molecule has 2 bridgehead atoms. The van der Waals surface area contributed by atoms with Crippen molar-refractivity contribution in [2.45, 2.75) is 89.3 Å². The minimum Gasteiger partial charge on any atom is -0.496 e. The maximum absolute atomic E-state index is 13.6. The first-order chi connectivity index (χ1) is 18.1. The summed E-state index contributed by atoms with van der Waals surface area (Å²) in [7, 11) is 1.45. The van der Waals surface area contributed by atoms with Crippen molar-refractivity contribution in [1.29, 1.82) is 5.26 Å². The Labute approximate surface area is 223 Å². The number of fused-ring (bicyclic) bond motifs is 2. The van der Waals surface area contributed by atoms with Gasteiger partial charge in [-0.3, -0.25) is 14.4 Å². The molecule has 1 aromatic carbocycles. The highest BCUT2D eigenvalue weighted by Crippen LogP contribution is 2.49. The van der Waals surface area contributed by atoms with E-state index in [2.05, 4.69) is 23.6 Å². The summed E-state index contributed by atoms with van der Waals surface area (Å²) in [4.78, 5) is 38.4. The molecule has 0 heterocycles. The standard InChI is InChI=1S/C29H37N3O6/c1-28(27(35)36)8-6-19(7-9-28)38-21-14-20(22(37-3)13-18(21)15-30)25(33)31-24-17-5-4-16(12-17)23(24)26(34)32-29(2)10-11-29/h13-14,16-17,19,23-24H,4-12H2,1-3H3,(H,31,33)(H,32,34)(H,35,36)/t16-,17+,19?,23+,24-,28?/m1/s1. The number of hydrogen-bond acceptors (Lipinski definition) is 6. The van der Waals surface area contributed by atoms with E-state index >= 15 is 0 Å². The number of amides is 2. The molecule has 4 saturated carbocycles. The van der Waals surface area contributed by atoms with Crippen molar-refractivity contribution in [1.82, 2.24) is 10.6 Å². The second kappa shape index (κ2) is 9.79. The van der Waals surface area contributed by atoms with Gasteiger partial charge in [-0.1, -0.05) is 0 Å². The summed E-state index contributed by atoms with van der Waals surface area (Å²) < 4.78 is 11.6. The number of aliphatic carboxylic acids is 1. The van der Waals surface area contributed by atoms with Crippen molar-refractivity contribution in [2.75, 3.05) is 7.11 Å². The third-order valence-electron chi connectivity index (χ3n) is 9.45. The van der Waals surface area contributed by atoms with E-state index in [9.17, 15) is 24.8 Å². The average molecular weight is 524 g/mol. The Kier molecular flexibility index (Phi) is 6.79. The second-order valence-electron chi connectivity index (χ2n) is 12.3. The quantitative estimate of drug-likeness (QED) is 0.471. The fraction of sp³-hybridized carbons (Fsp3) is 0.655. The van der Waals surface area contributed by atoms with Crippen molar-refractivity contribution in [3.05, 3.63) is 23.3 Å². The summed E-state index contributed by atoms with van der Waals surface area (Å²) >= 11 is 0. The largest absolute Gasteiger partial charge is 0.496 e. The number of benzene rings is 1. The number of carbonyl (C=O) groups excluding carboxylic acids is 2. The zero-order valence-electron chi connectivity index (χ0n) is 22.3. The Morgan fingerprint density at radius 1 is 1.03 bits per heavy atom. The van der Waals surface area contributed by atoms with Crippen LogP contribution in [0.4, 0.5) is 0 Å². The summed E-state index contributed by atoms with van der Waals surface area (Å²) in [6.45, 7) is 3.81. The van der Waals surface area contributed by atoms with Crippen LogP contribution in [0.1, 0.15) is 87.6 Å². The Hall–Kier alpha value is -3.28. The number of carboxylic acid groups (broad SMARTS) is 1. The van der Waals surface area contributed by atoms with Gasteiger partial charge in [0, 0.05) is 17.6 Å². The first kappa shape index (κ1) is 26.3. The van der Waals surface area contributed by atoms with E-state index in [0.29, 0.717) is 25.7 Å². The van der Waals surface area contributed by atoms with Crippen LogP contribution in [0.2, 0.25) is 0 Å². The molecule has 5 rings (SSSR count). The molecule has 2 amide bonds. The zero-order chi connectivity index (χ0) is 27.2. The lowest BCUT2D eigenvalue weighted by molar-refractivity contribution is -0.150. The smallest absolute Gasteiger partial charge is 0.309 e. The molecule has 9 heteroatoms. The van der Waals surface area contributed by atoms with Crippen LogP contribution in [0.15, 0.2) is 12.1 Å². The predicted octanol–water partition coefficient (Wildman–Crippen LogP) is 3.79. The van der Waals surface area contributed by atoms with Crippen molar-refractivity contribution in [3.63, 3.8) is 0 Å². The van der Waals surface area contributed by atoms with E-state index in [1.54, 1.807) is 13.0 Å². The number of nitrogens with one attached hydrogen (secondary N) is 2. The summed E-state index contributed by atoms with van der Waals surface area (Å²) in [6.07, 6.45) is 6.70. The van der Waals surface area contributed by atoms with Gasteiger partial charge in [-0.2, -0.15) is 5.26 Å². The Morgan fingerprint density at radius 2 is 1.71 bits per heavy atom. The molecule has 4 aliphatic carbocycles. The third-order valence-corrected chi connectivity index (χ3v) is 9.45. The predicted molar refractivity (Wildman–Crippen MR) is 138 cm³/mol. The van der Waals surface area contributed by atoms with E-state index in [-0.39, 0.29) is 69.9 Å². The molecule has 0 spiro atoms. The average Bonchev–Trinajstić information content (AvgIpc) is 3.28. The highest BCUT2D eigenvalue weighted by Gasteiger charge is 2.53. The molecule has 0 radical (unpaired) electrons. The molecule has 0 saturated heterocycles. The van der Waals surface area contributed by atoms with Gasteiger partial charge < -0.3 is 25.2 Å². The molecule has 4 aliphatic rings. The SMILES string of the molecule is COc1cc(C#N)c(OC2CCC(C)(C(=O)O)CC2)cc1C(=O)N[C@@H]1[C@H]2CC[C@H](C2)[C@@H]1C(=O)NC1(C)CC1. The number of methoxy groups -OCH3 is 1. The van der Waals surface area contributed by atoms with E-state index in [0.717, 1.165) is 32.1 Å². The van der Waals surface area contributed by atoms with Crippen LogP contribution >= 0.6 is 0 Å². The molecular weight excluding hydrogens is 486 g/mol. The first-order valence-electron chi connectivity index (χ1n) is 13.7. The van der Waals surface area contributed by atoms with Gasteiger partial charge in [-0.05, 0) is 89.5 Å². The lowest BCUT2D eigenvalue weighted by atomic mass is 9.75. The highest BCUT2D eigenvalue weighted by molar-refractivity contribution is 5.98. The van der Waals surface area contributed by atoms with Crippen LogP contribution in [0.3, 0.4) is 0 Å². The van der Waals surface area contributed by atoms with Crippen molar-refractivity contribution in [2.24, 2.45) is 23.2 Å². The molecule has 1 aromatic rings. The van der Waals surface area contributed by atoms with Crippen LogP contribution in [0.5, 0.6) is 11.5 Å². The lowest BCUT2D eigenvalue weighted by Gasteiger charge is -2.34. The van der Waals surface area contributed by atoms with Crippen molar-refractivity contribution < 1.29 is 29.0 Å². The summed E-state index contributed by atoms with van der Waals surface area (Å²) in [5.74, 6) is -0.295. The molecule has 9 nitrogen and oxygen atoms in total. The van der Waals surface area contributed by atoms with Crippen LogP contribution in [0, 0.1) is 34.5 Å². The topological polar surface area (TPSA) is 138 Å². The van der Waals surface area contributed by atoms with Crippen LogP contribution in [0.25, 0.3) is 0 Å². The highest BCUT2D eigenvalue weighted by atomic mass is 16.5. The van der Waals surface area contributed by atoms with Gasteiger partial charge in [0.2, 0.25) is 5.91 Å². The number of carbonyl (C=O) groups is 3. The van der Waals surface area contributed by atoms with Crippen molar-refractivity contribution >= 4 is 17.8 Å². The summed E-state index contributed by atoms with van der Waals surface area (Å²) in [6, 6.07) is 4.93. The van der Waals surface area contributed by atoms with Crippen LogP contribution in [-0.2, 0) is 9.59 Å². The minimum absolute atomic E-state index is 0.0315. The summed E-state index contributed by atoms with van der Waals surface area (Å²) in [5.41, 5.74) is -0.385. The monoisotopic (exact) mass is 523 g/mol. The van der Waals surface area contributed by atoms with E-state index < -0.39 is 11.4 Å². The molecular formula is C29H37N3O6. The van der Waals surface area contributed by atoms with Gasteiger partial charge >= 0.3 is 5.97 Å². The number of hydrogen-bond donors (Lipinski definition) is 3. The number of nitriles is 1. The molecule has 4 fully saturated rings. The Morgan fingerprint density at radius 3 is 2.32 bits per heavy atom. The minimum atomic E-state index is -0.809. The number of rotatable bonds is 8. The summed E-state index contributed by atoms with van der Waals surface area (Å²) in [5, 5.41) is 25.6. The van der Waals surface area contributed by atoms with E-state index in [1.807, 2.05) is 0 Å². The van der Waals surface area contributed by atoms with Crippen LogP contribution < -0.4 is 20.1 Å². The Balaban J connectivity index is 1.34. The first-order valence-corrected chi connectivity index (χ1v) is 13.7. The van der Waals surface area contributed by atoms with Crippen molar-refractivity contribution in [3.8, 4) is 17.6 Å². The van der Waals surface area contributed by atoms with Gasteiger partial charge in [0.15, 0.2) is 0 Å². The van der Waals surface area contributed by atoms with Gasteiger partial charge in [0.05, 0.1) is 35.7 Å². The molecule has 38 heavy (non-hydrogen) atoms. The second-order valence-corrected chi connectivity index (χ2v) is 12.3. The third kappa shape index (κ3) is 4.93. The number of nitrogens with zero attached hydrogens (tertiary/aromatic N) is 1.